The number of sulfonamides is 1. The maximum absolute atomic E-state index is 11.5. The van der Waals surface area contributed by atoms with Gasteiger partial charge in [0.25, 0.3) is 0 Å². The number of unbranched alkanes of at least 4 members (excludes halogenated alkanes) is 1. The van der Waals surface area contributed by atoms with Crippen LogP contribution in [-0.2, 0) is 10.0 Å². The molecule has 0 aromatic rings. The van der Waals surface area contributed by atoms with Crippen LogP contribution in [0, 0.1) is 0 Å². The Hall–Kier alpha value is 0.220. The van der Waals surface area contributed by atoms with Crippen LogP contribution in [0.5, 0.6) is 0 Å². The van der Waals surface area contributed by atoms with Gasteiger partial charge >= 0.3 is 0 Å². The van der Waals surface area contributed by atoms with Gasteiger partial charge in [-0.2, -0.15) is 11.8 Å². The third kappa shape index (κ3) is 6.08. The third-order valence-electron chi connectivity index (χ3n) is 2.63. The van der Waals surface area contributed by atoms with Gasteiger partial charge in [-0.3, -0.25) is 0 Å². The van der Waals surface area contributed by atoms with Gasteiger partial charge in [-0.15, -0.1) is 0 Å². The van der Waals surface area contributed by atoms with E-state index in [0.29, 0.717) is 24.6 Å². The standard InChI is InChI=1S/C10H21NO3S2/c12-6-2-4-8-16(13,14)11-9-10-5-1-3-7-15-10/h10-12H,1-9H2. The van der Waals surface area contributed by atoms with Gasteiger partial charge in [-0.25, -0.2) is 13.1 Å². The second kappa shape index (κ2) is 7.53. The maximum atomic E-state index is 11.5. The Balaban J connectivity index is 2.18. The van der Waals surface area contributed by atoms with E-state index >= 15 is 0 Å². The van der Waals surface area contributed by atoms with E-state index in [1.165, 1.54) is 12.8 Å². The molecule has 0 saturated carbocycles. The van der Waals surface area contributed by atoms with Crippen LogP contribution in [0.3, 0.4) is 0 Å². The molecular weight excluding hydrogens is 246 g/mol. The summed E-state index contributed by atoms with van der Waals surface area (Å²) in [6.45, 7) is 0.625. The van der Waals surface area contributed by atoms with E-state index in [0.717, 1.165) is 12.2 Å². The molecule has 4 nitrogen and oxygen atoms in total. The van der Waals surface area contributed by atoms with Gasteiger partial charge < -0.3 is 5.11 Å². The van der Waals surface area contributed by atoms with E-state index in [9.17, 15) is 8.42 Å². The number of aliphatic hydroxyl groups excluding tert-OH is 1. The lowest BCUT2D eigenvalue weighted by Gasteiger charge is -2.21. The average molecular weight is 267 g/mol. The molecule has 0 aromatic carbocycles. The largest absolute Gasteiger partial charge is 0.396 e. The van der Waals surface area contributed by atoms with Crippen LogP contribution < -0.4 is 4.72 Å². The van der Waals surface area contributed by atoms with E-state index in [1.54, 1.807) is 0 Å². The smallest absolute Gasteiger partial charge is 0.211 e. The third-order valence-corrected chi connectivity index (χ3v) is 5.46. The van der Waals surface area contributed by atoms with Crippen molar-refractivity contribution in [3.63, 3.8) is 0 Å². The minimum atomic E-state index is -3.13. The lowest BCUT2D eigenvalue weighted by molar-refractivity contribution is 0.287. The summed E-state index contributed by atoms with van der Waals surface area (Å²) >= 11 is 1.87. The van der Waals surface area contributed by atoms with E-state index in [1.807, 2.05) is 11.8 Å². The van der Waals surface area contributed by atoms with Crippen molar-refractivity contribution in [3.05, 3.63) is 0 Å². The predicted molar refractivity (Wildman–Crippen MR) is 68.2 cm³/mol. The predicted octanol–water partition coefficient (Wildman–Crippen LogP) is 0.964. The van der Waals surface area contributed by atoms with Gasteiger partial charge in [-0.1, -0.05) is 6.42 Å². The quantitative estimate of drug-likeness (QED) is 0.674. The summed E-state index contributed by atoms with van der Waals surface area (Å²) in [5.74, 6) is 1.28. The number of hydrogen-bond donors (Lipinski definition) is 2. The monoisotopic (exact) mass is 267 g/mol. The van der Waals surface area contributed by atoms with Crippen LogP contribution in [-0.4, -0.2) is 43.4 Å². The molecule has 1 fully saturated rings. The molecule has 1 heterocycles. The van der Waals surface area contributed by atoms with Crippen LogP contribution in [0.1, 0.15) is 32.1 Å². The number of nitrogens with one attached hydrogen (secondary N) is 1. The minimum Gasteiger partial charge on any atom is -0.396 e. The fourth-order valence-electron chi connectivity index (χ4n) is 1.66. The van der Waals surface area contributed by atoms with Gasteiger partial charge in [0.1, 0.15) is 0 Å². The van der Waals surface area contributed by atoms with Gasteiger partial charge in [-0.05, 0) is 31.4 Å². The van der Waals surface area contributed by atoms with Crippen molar-refractivity contribution in [1.82, 2.24) is 4.72 Å². The molecule has 1 aliphatic rings. The summed E-state index contributed by atoms with van der Waals surface area (Å²) in [6.07, 6.45) is 4.67. The molecule has 1 rings (SSSR count). The average Bonchev–Trinajstić information content (AvgIpc) is 2.28. The fraction of sp³-hybridized carbons (Fsp3) is 1.00. The van der Waals surface area contributed by atoms with Crippen molar-refractivity contribution in [3.8, 4) is 0 Å². The molecular formula is C10H21NO3S2. The first-order chi connectivity index (χ1) is 7.64. The minimum absolute atomic E-state index is 0.0635. The maximum Gasteiger partial charge on any atom is 0.211 e. The Morgan fingerprint density at radius 1 is 1.31 bits per heavy atom. The summed E-state index contributed by atoms with van der Waals surface area (Å²) in [4.78, 5) is 0. The molecule has 96 valence electrons. The lowest BCUT2D eigenvalue weighted by Crippen LogP contribution is -2.33. The van der Waals surface area contributed by atoms with Crippen LogP contribution in [0.25, 0.3) is 0 Å². The van der Waals surface area contributed by atoms with E-state index in [-0.39, 0.29) is 12.4 Å². The first kappa shape index (κ1) is 14.3. The lowest BCUT2D eigenvalue weighted by atomic mass is 10.2. The summed E-state index contributed by atoms with van der Waals surface area (Å²) < 4.78 is 25.7. The van der Waals surface area contributed by atoms with Crippen molar-refractivity contribution in [2.24, 2.45) is 0 Å². The van der Waals surface area contributed by atoms with Crippen molar-refractivity contribution in [2.75, 3.05) is 24.7 Å². The normalized spacial score (nSPS) is 22.2. The molecule has 0 aliphatic carbocycles. The topological polar surface area (TPSA) is 66.4 Å². The van der Waals surface area contributed by atoms with Gasteiger partial charge in [0.2, 0.25) is 10.0 Å². The molecule has 1 saturated heterocycles. The first-order valence-corrected chi connectivity index (χ1v) is 8.54. The first-order valence-electron chi connectivity index (χ1n) is 5.84. The van der Waals surface area contributed by atoms with Crippen molar-refractivity contribution >= 4 is 21.8 Å². The number of aliphatic hydroxyl groups is 1. The molecule has 2 N–H and O–H groups in total. The molecule has 0 bridgehead atoms. The van der Waals surface area contributed by atoms with E-state index < -0.39 is 10.0 Å². The molecule has 0 radical (unpaired) electrons. The summed E-state index contributed by atoms with van der Waals surface area (Å²) in [7, 11) is -3.13. The molecule has 0 amide bonds. The second-order valence-corrected chi connectivity index (χ2v) is 7.42. The zero-order valence-electron chi connectivity index (χ0n) is 9.52. The SMILES string of the molecule is O=S(=O)(CCCCO)NCC1CCCCS1. The van der Waals surface area contributed by atoms with Crippen LogP contribution in [0.15, 0.2) is 0 Å². The van der Waals surface area contributed by atoms with Gasteiger partial charge in [0.05, 0.1) is 5.75 Å². The number of hydrogen-bond acceptors (Lipinski definition) is 4. The molecule has 1 aliphatic heterocycles. The number of rotatable bonds is 7. The van der Waals surface area contributed by atoms with Crippen LogP contribution in [0.4, 0.5) is 0 Å². The summed E-state index contributed by atoms with van der Waals surface area (Å²) in [5, 5.41) is 9.02. The molecule has 16 heavy (non-hydrogen) atoms. The summed E-state index contributed by atoms with van der Waals surface area (Å²) in [5.41, 5.74) is 0. The second-order valence-electron chi connectivity index (χ2n) is 4.09. The highest BCUT2D eigenvalue weighted by molar-refractivity contribution is 8.00. The Morgan fingerprint density at radius 3 is 2.75 bits per heavy atom. The van der Waals surface area contributed by atoms with E-state index in [2.05, 4.69) is 4.72 Å². The van der Waals surface area contributed by atoms with Crippen molar-refractivity contribution in [2.45, 2.75) is 37.4 Å². The highest BCUT2D eigenvalue weighted by Crippen LogP contribution is 2.24. The highest BCUT2D eigenvalue weighted by Gasteiger charge is 2.17. The van der Waals surface area contributed by atoms with Gasteiger partial charge in [0, 0.05) is 18.4 Å². The Morgan fingerprint density at radius 2 is 2.12 bits per heavy atom. The Kier molecular flexibility index (Phi) is 6.72. The number of thioether (sulfide) groups is 1. The molecule has 6 heteroatoms. The molecule has 0 aromatic heterocycles. The highest BCUT2D eigenvalue weighted by atomic mass is 32.2. The van der Waals surface area contributed by atoms with E-state index in [4.69, 9.17) is 5.11 Å². The Labute approximate surface area is 102 Å². The molecule has 1 atom stereocenters. The van der Waals surface area contributed by atoms with Crippen molar-refractivity contribution in [1.29, 1.82) is 0 Å². The Bertz CT molecular complexity index is 274. The zero-order chi connectivity index (χ0) is 11.9. The van der Waals surface area contributed by atoms with Crippen LogP contribution in [0.2, 0.25) is 0 Å². The van der Waals surface area contributed by atoms with Crippen LogP contribution >= 0.6 is 11.8 Å². The van der Waals surface area contributed by atoms with Gasteiger partial charge in [0.15, 0.2) is 0 Å². The molecule has 1 unspecified atom stereocenters. The summed E-state index contributed by atoms with van der Waals surface area (Å²) in [6, 6.07) is 0. The molecule has 0 spiro atoms. The zero-order valence-corrected chi connectivity index (χ0v) is 11.2. The van der Waals surface area contributed by atoms with Crippen molar-refractivity contribution < 1.29 is 13.5 Å². The fourth-order valence-corrected chi connectivity index (χ4v) is 4.19.